The van der Waals surface area contributed by atoms with Crippen LogP contribution >= 0.6 is 0 Å². The van der Waals surface area contributed by atoms with Crippen LogP contribution in [0.4, 0.5) is 0 Å². The highest BCUT2D eigenvalue weighted by Gasteiger charge is 2.23. The number of amides is 2. The number of hydrogen-bond acceptors (Lipinski definition) is 3. The van der Waals surface area contributed by atoms with Gasteiger partial charge < -0.3 is 15.2 Å². The predicted molar refractivity (Wildman–Crippen MR) is 65.6 cm³/mol. The minimum atomic E-state index is -0.0732. The van der Waals surface area contributed by atoms with E-state index in [-0.39, 0.29) is 17.7 Å². The summed E-state index contributed by atoms with van der Waals surface area (Å²) >= 11 is 0. The number of carbonyl (C=O) groups is 2. The molecule has 2 heterocycles. The number of hydrogen-bond donors (Lipinski definition) is 2. The highest BCUT2D eigenvalue weighted by molar-refractivity contribution is 5.83. The van der Waals surface area contributed by atoms with Crippen molar-refractivity contribution in [1.82, 2.24) is 20.2 Å². The zero-order valence-corrected chi connectivity index (χ0v) is 10.3. The number of nitrogens with one attached hydrogen (secondary N) is 2. The first-order chi connectivity index (χ1) is 8.75. The van der Waals surface area contributed by atoms with E-state index in [1.165, 1.54) is 0 Å². The number of piperidine rings is 1. The summed E-state index contributed by atoms with van der Waals surface area (Å²) in [5.41, 5.74) is 0. The highest BCUT2D eigenvalue weighted by Crippen LogP contribution is 2.10. The van der Waals surface area contributed by atoms with Crippen LogP contribution < -0.4 is 10.6 Å². The number of carbonyl (C=O) groups excluding carboxylic acids is 2. The largest absolute Gasteiger partial charge is 0.356 e. The molecule has 0 spiro atoms. The predicted octanol–water partition coefficient (Wildman–Crippen LogP) is -0.0844. The average Bonchev–Trinajstić information content (AvgIpc) is 2.88. The van der Waals surface area contributed by atoms with Gasteiger partial charge in [0.15, 0.2) is 0 Å². The normalized spacial score (nSPS) is 19.3. The van der Waals surface area contributed by atoms with E-state index in [1.807, 2.05) is 10.8 Å². The SMILES string of the molecule is O=C1CCC(C(=O)NCCCn2ccnc2)CN1. The van der Waals surface area contributed by atoms with Crippen molar-refractivity contribution < 1.29 is 9.59 Å². The molecule has 98 valence electrons. The number of aromatic nitrogens is 2. The summed E-state index contributed by atoms with van der Waals surface area (Å²) in [5, 5.41) is 5.62. The lowest BCUT2D eigenvalue weighted by Gasteiger charge is -2.21. The molecule has 0 bridgehead atoms. The van der Waals surface area contributed by atoms with Gasteiger partial charge in [0.2, 0.25) is 11.8 Å². The van der Waals surface area contributed by atoms with E-state index in [2.05, 4.69) is 15.6 Å². The smallest absolute Gasteiger partial charge is 0.224 e. The quantitative estimate of drug-likeness (QED) is 0.717. The zero-order valence-electron chi connectivity index (χ0n) is 10.3. The Labute approximate surface area is 106 Å². The molecule has 1 aromatic rings. The summed E-state index contributed by atoms with van der Waals surface area (Å²) in [5.74, 6) is 0.00994. The molecule has 1 aliphatic heterocycles. The van der Waals surface area contributed by atoms with Crippen molar-refractivity contribution in [3.05, 3.63) is 18.7 Å². The summed E-state index contributed by atoms with van der Waals surface area (Å²) in [6.07, 6.45) is 7.38. The molecule has 1 atom stereocenters. The summed E-state index contributed by atoms with van der Waals surface area (Å²) in [7, 11) is 0. The number of nitrogens with zero attached hydrogens (tertiary/aromatic N) is 2. The minimum absolute atomic E-state index is 0.0409. The number of rotatable bonds is 5. The van der Waals surface area contributed by atoms with Gasteiger partial charge in [-0.2, -0.15) is 0 Å². The third kappa shape index (κ3) is 3.58. The van der Waals surface area contributed by atoms with Crippen LogP contribution in [0.1, 0.15) is 19.3 Å². The van der Waals surface area contributed by atoms with Crippen molar-refractivity contribution in [3.63, 3.8) is 0 Å². The lowest BCUT2D eigenvalue weighted by molar-refractivity contribution is -0.128. The minimum Gasteiger partial charge on any atom is -0.356 e. The average molecular weight is 250 g/mol. The molecular formula is C12H18N4O2. The monoisotopic (exact) mass is 250 g/mol. The Hall–Kier alpha value is -1.85. The highest BCUT2D eigenvalue weighted by atomic mass is 16.2. The molecule has 6 heteroatoms. The molecule has 6 nitrogen and oxygen atoms in total. The van der Waals surface area contributed by atoms with Gasteiger partial charge in [-0.15, -0.1) is 0 Å². The Morgan fingerprint density at radius 3 is 3.17 bits per heavy atom. The molecule has 0 saturated carbocycles. The standard InChI is InChI=1S/C12H18N4O2/c17-11-3-2-10(8-15-11)12(18)14-4-1-6-16-7-5-13-9-16/h5,7,9-10H,1-4,6,8H2,(H,14,18)(H,15,17). The van der Waals surface area contributed by atoms with Crippen LogP contribution in [0.3, 0.4) is 0 Å². The van der Waals surface area contributed by atoms with Gasteiger partial charge in [-0.05, 0) is 12.8 Å². The summed E-state index contributed by atoms with van der Waals surface area (Å²) in [4.78, 5) is 26.7. The molecular weight excluding hydrogens is 232 g/mol. The molecule has 0 aromatic carbocycles. The molecule has 0 radical (unpaired) electrons. The van der Waals surface area contributed by atoms with Gasteiger partial charge in [0.25, 0.3) is 0 Å². The molecule has 1 aromatic heterocycles. The Balaban J connectivity index is 1.61. The molecule has 2 rings (SSSR count). The van der Waals surface area contributed by atoms with Gasteiger partial charge in [0, 0.05) is 38.4 Å². The zero-order chi connectivity index (χ0) is 12.8. The van der Waals surface area contributed by atoms with Crippen molar-refractivity contribution in [2.24, 2.45) is 5.92 Å². The van der Waals surface area contributed by atoms with Crippen LogP contribution in [0.5, 0.6) is 0 Å². The fourth-order valence-corrected chi connectivity index (χ4v) is 1.99. The van der Waals surface area contributed by atoms with Gasteiger partial charge in [-0.25, -0.2) is 4.98 Å². The van der Waals surface area contributed by atoms with Crippen LogP contribution in [0, 0.1) is 5.92 Å². The van der Waals surface area contributed by atoms with E-state index in [4.69, 9.17) is 0 Å². The van der Waals surface area contributed by atoms with Crippen LogP contribution in [0.2, 0.25) is 0 Å². The fourth-order valence-electron chi connectivity index (χ4n) is 1.99. The maximum Gasteiger partial charge on any atom is 0.224 e. The van der Waals surface area contributed by atoms with E-state index < -0.39 is 0 Å². The van der Waals surface area contributed by atoms with E-state index >= 15 is 0 Å². The van der Waals surface area contributed by atoms with E-state index in [0.29, 0.717) is 25.9 Å². The Morgan fingerprint density at radius 2 is 2.50 bits per heavy atom. The maximum atomic E-state index is 11.8. The van der Waals surface area contributed by atoms with Crippen molar-refractivity contribution in [2.75, 3.05) is 13.1 Å². The Morgan fingerprint density at radius 1 is 1.61 bits per heavy atom. The van der Waals surface area contributed by atoms with Gasteiger partial charge >= 0.3 is 0 Å². The maximum absolute atomic E-state index is 11.8. The van der Waals surface area contributed by atoms with Crippen LogP contribution in [-0.2, 0) is 16.1 Å². The lowest BCUT2D eigenvalue weighted by atomic mass is 9.98. The molecule has 1 fully saturated rings. The van der Waals surface area contributed by atoms with Gasteiger partial charge in [-0.1, -0.05) is 0 Å². The van der Waals surface area contributed by atoms with Crippen molar-refractivity contribution in [2.45, 2.75) is 25.8 Å². The van der Waals surface area contributed by atoms with Crippen LogP contribution in [0.15, 0.2) is 18.7 Å². The van der Waals surface area contributed by atoms with Gasteiger partial charge in [0.05, 0.1) is 12.2 Å². The Bertz CT molecular complexity index is 392. The van der Waals surface area contributed by atoms with Crippen molar-refractivity contribution in [1.29, 1.82) is 0 Å². The van der Waals surface area contributed by atoms with Crippen LogP contribution in [0.25, 0.3) is 0 Å². The second kappa shape index (κ2) is 6.18. The first-order valence-electron chi connectivity index (χ1n) is 6.26. The van der Waals surface area contributed by atoms with Crippen LogP contribution in [-0.4, -0.2) is 34.5 Å². The van der Waals surface area contributed by atoms with Gasteiger partial charge in [-0.3, -0.25) is 9.59 Å². The molecule has 2 N–H and O–H groups in total. The third-order valence-corrected chi connectivity index (χ3v) is 3.09. The number of aryl methyl sites for hydroxylation is 1. The second-order valence-electron chi connectivity index (χ2n) is 4.48. The third-order valence-electron chi connectivity index (χ3n) is 3.09. The molecule has 1 aliphatic rings. The Kier molecular flexibility index (Phi) is 4.33. The molecule has 18 heavy (non-hydrogen) atoms. The lowest BCUT2D eigenvalue weighted by Crippen LogP contribution is -2.43. The molecule has 1 saturated heterocycles. The molecule has 2 amide bonds. The summed E-state index contributed by atoms with van der Waals surface area (Å²) < 4.78 is 1.98. The summed E-state index contributed by atoms with van der Waals surface area (Å²) in [6, 6.07) is 0. The van der Waals surface area contributed by atoms with E-state index in [9.17, 15) is 9.59 Å². The molecule has 0 aliphatic carbocycles. The molecule has 1 unspecified atom stereocenters. The first kappa shape index (κ1) is 12.6. The van der Waals surface area contributed by atoms with E-state index in [1.54, 1.807) is 12.5 Å². The van der Waals surface area contributed by atoms with Crippen molar-refractivity contribution in [3.8, 4) is 0 Å². The summed E-state index contributed by atoms with van der Waals surface area (Å²) in [6.45, 7) is 1.97. The van der Waals surface area contributed by atoms with Gasteiger partial charge in [0.1, 0.15) is 0 Å². The number of imidazole rings is 1. The fraction of sp³-hybridized carbons (Fsp3) is 0.583. The van der Waals surface area contributed by atoms with Crippen molar-refractivity contribution >= 4 is 11.8 Å². The van der Waals surface area contributed by atoms with E-state index in [0.717, 1.165) is 13.0 Å². The second-order valence-corrected chi connectivity index (χ2v) is 4.48. The topological polar surface area (TPSA) is 76.0 Å². The first-order valence-corrected chi connectivity index (χ1v) is 6.26.